The van der Waals surface area contributed by atoms with Crippen LogP contribution in [0, 0.1) is 0 Å². The number of aliphatic hydroxyl groups excluding tert-OH is 1. The third-order valence-corrected chi connectivity index (χ3v) is 1.78. The van der Waals surface area contributed by atoms with Gasteiger partial charge in [0.25, 0.3) is 0 Å². The summed E-state index contributed by atoms with van der Waals surface area (Å²) in [6.07, 6.45) is 1.23. The van der Waals surface area contributed by atoms with Gasteiger partial charge in [0.05, 0.1) is 6.10 Å². The quantitative estimate of drug-likeness (QED) is 0.637. The van der Waals surface area contributed by atoms with Gasteiger partial charge in [-0.25, -0.2) is 4.98 Å². The van der Waals surface area contributed by atoms with Crippen LogP contribution in [0.25, 0.3) is 5.65 Å². The maximum atomic E-state index is 9.20. The normalized spacial score (nSPS) is 13.3. The second kappa shape index (κ2) is 3.18. The van der Waals surface area contributed by atoms with Gasteiger partial charge in [-0.15, -0.1) is 10.2 Å². The summed E-state index contributed by atoms with van der Waals surface area (Å²) in [5, 5.41) is 20.8. The number of nitrogen functional groups attached to an aromatic ring is 1. The minimum atomic E-state index is -0.487. The van der Waals surface area contributed by atoms with Crippen LogP contribution < -0.4 is 5.73 Å². The van der Waals surface area contributed by atoms with E-state index in [1.54, 1.807) is 6.92 Å². The van der Waals surface area contributed by atoms with Crippen molar-refractivity contribution in [3.8, 4) is 0 Å². The minimum absolute atomic E-state index is 0.282. The first-order chi connectivity index (χ1) is 6.68. The fourth-order valence-electron chi connectivity index (χ4n) is 1.18. The van der Waals surface area contributed by atoms with Gasteiger partial charge in [0.15, 0.2) is 11.6 Å². The van der Waals surface area contributed by atoms with Crippen molar-refractivity contribution in [1.29, 1.82) is 0 Å². The molecule has 0 unspecified atom stereocenters. The van der Waals surface area contributed by atoms with E-state index in [0.717, 1.165) is 0 Å². The van der Waals surface area contributed by atoms with Gasteiger partial charge < -0.3 is 10.8 Å². The van der Waals surface area contributed by atoms with Gasteiger partial charge in [-0.3, -0.25) is 0 Å². The van der Waals surface area contributed by atoms with E-state index >= 15 is 0 Å². The van der Waals surface area contributed by atoms with E-state index in [2.05, 4.69) is 20.3 Å². The fraction of sp³-hybridized carbons (Fsp3) is 0.429. The van der Waals surface area contributed by atoms with Crippen LogP contribution in [0.1, 0.15) is 12.7 Å². The second-order valence-electron chi connectivity index (χ2n) is 3.05. The van der Waals surface area contributed by atoms with Crippen LogP contribution in [-0.2, 0) is 6.42 Å². The third kappa shape index (κ3) is 1.37. The predicted octanol–water partition coefficient (Wildman–Crippen LogP) is -0.975. The van der Waals surface area contributed by atoms with Crippen molar-refractivity contribution in [2.75, 3.05) is 5.73 Å². The highest BCUT2D eigenvalue weighted by atomic mass is 16.3. The van der Waals surface area contributed by atoms with Crippen molar-refractivity contribution in [3.05, 3.63) is 12.2 Å². The van der Waals surface area contributed by atoms with Crippen molar-refractivity contribution < 1.29 is 5.11 Å². The summed E-state index contributed by atoms with van der Waals surface area (Å²) in [4.78, 5) is 3.78. The lowest BCUT2D eigenvalue weighted by Gasteiger charge is -2.00. The molecule has 0 saturated heterocycles. The first-order valence-electron chi connectivity index (χ1n) is 4.17. The molecule has 0 radical (unpaired) electrons. The number of fused-ring (bicyclic) bond motifs is 1. The Labute approximate surface area is 79.6 Å². The van der Waals surface area contributed by atoms with Gasteiger partial charge in [-0.2, -0.15) is 9.61 Å². The number of nitrogens with zero attached hydrogens (tertiary/aromatic N) is 5. The summed E-state index contributed by atoms with van der Waals surface area (Å²) in [5.74, 6) is 0.855. The number of hydrogen-bond donors (Lipinski definition) is 2. The fourth-order valence-corrected chi connectivity index (χ4v) is 1.18. The summed E-state index contributed by atoms with van der Waals surface area (Å²) < 4.78 is 1.48. The van der Waals surface area contributed by atoms with E-state index in [1.165, 1.54) is 10.8 Å². The van der Waals surface area contributed by atoms with Crippen molar-refractivity contribution in [2.45, 2.75) is 19.4 Å². The minimum Gasteiger partial charge on any atom is -0.393 e. The van der Waals surface area contributed by atoms with Crippen LogP contribution >= 0.6 is 0 Å². The maximum Gasteiger partial charge on any atom is 0.220 e. The van der Waals surface area contributed by atoms with Gasteiger partial charge in [0, 0.05) is 6.42 Å². The summed E-state index contributed by atoms with van der Waals surface area (Å²) >= 11 is 0. The maximum absolute atomic E-state index is 9.20. The molecule has 0 aliphatic heterocycles. The van der Waals surface area contributed by atoms with Crippen LogP contribution in [0.15, 0.2) is 6.33 Å². The largest absolute Gasteiger partial charge is 0.393 e. The summed E-state index contributed by atoms with van der Waals surface area (Å²) in [6, 6.07) is 0. The molecule has 0 aromatic carbocycles. The van der Waals surface area contributed by atoms with E-state index in [9.17, 15) is 5.11 Å². The standard InChI is InChI=1S/C7H10N6O/c1-4(14)2-5-11-12-7-6(8)9-3-10-13(5)7/h3-4,14H,2H2,1H3,(H2,8,9,10)/t4-/m1/s1. The Hall–Kier alpha value is -1.76. The molecule has 3 N–H and O–H groups in total. The van der Waals surface area contributed by atoms with E-state index < -0.39 is 6.10 Å². The average molecular weight is 194 g/mol. The smallest absolute Gasteiger partial charge is 0.220 e. The molecule has 7 heteroatoms. The molecule has 2 aromatic rings. The molecule has 0 amide bonds. The Bertz CT molecular complexity index is 450. The Morgan fingerprint density at radius 3 is 3.07 bits per heavy atom. The molecular formula is C7H10N6O. The van der Waals surface area contributed by atoms with Gasteiger partial charge in [0.2, 0.25) is 5.65 Å². The summed E-state index contributed by atoms with van der Waals surface area (Å²) in [7, 11) is 0. The monoisotopic (exact) mass is 194 g/mol. The zero-order valence-electron chi connectivity index (χ0n) is 7.62. The van der Waals surface area contributed by atoms with Crippen LogP contribution in [0.2, 0.25) is 0 Å². The number of rotatable bonds is 2. The lowest BCUT2D eigenvalue weighted by molar-refractivity contribution is 0.192. The van der Waals surface area contributed by atoms with Crippen LogP contribution in [0.3, 0.4) is 0 Å². The van der Waals surface area contributed by atoms with E-state index in [0.29, 0.717) is 17.9 Å². The van der Waals surface area contributed by atoms with Crippen LogP contribution in [0.5, 0.6) is 0 Å². The first kappa shape index (κ1) is 8.82. The van der Waals surface area contributed by atoms with E-state index in [4.69, 9.17) is 5.73 Å². The Morgan fingerprint density at radius 2 is 2.36 bits per heavy atom. The zero-order chi connectivity index (χ0) is 10.1. The lowest BCUT2D eigenvalue weighted by atomic mass is 10.3. The number of aromatic nitrogens is 5. The SMILES string of the molecule is C[C@@H](O)Cc1nnc2c(N)ncnn12. The highest BCUT2D eigenvalue weighted by molar-refractivity contribution is 5.57. The number of aliphatic hydroxyl groups is 1. The molecule has 74 valence electrons. The van der Waals surface area contributed by atoms with Crippen molar-refractivity contribution >= 4 is 11.5 Å². The molecule has 0 bridgehead atoms. The highest BCUT2D eigenvalue weighted by Crippen LogP contribution is 2.07. The number of hydrogen-bond acceptors (Lipinski definition) is 6. The van der Waals surface area contributed by atoms with E-state index in [1.807, 2.05) is 0 Å². The van der Waals surface area contributed by atoms with Gasteiger partial charge >= 0.3 is 0 Å². The average Bonchev–Trinajstić information content (AvgIpc) is 2.49. The topological polar surface area (TPSA) is 102 Å². The Morgan fingerprint density at radius 1 is 1.57 bits per heavy atom. The van der Waals surface area contributed by atoms with Crippen molar-refractivity contribution in [3.63, 3.8) is 0 Å². The first-order valence-corrected chi connectivity index (χ1v) is 4.17. The molecule has 0 fully saturated rings. The molecule has 14 heavy (non-hydrogen) atoms. The second-order valence-corrected chi connectivity index (χ2v) is 3.05. The van der Waals surface area contributed by atoms with Crippen LogP contribution in [-0.4, -0.2) is 36.0 Å². The van der Waals surface area contributed by atoms with Gasteiger partial charge in [0.1, 0.15) is 6.33 Å². The van der Waals surface area contributed by atoms with Crippen LogP contribution in [0.4, 0.5) is 5.82 Å². The number of anilines is 1. The molecular weight excluding hydrogens is 184 g/mol. The molecule has 0 spiro atoms. The predicted molar refractivity (Wildman–Crippen MR) is 48.4 cm³/mol. The van der Waals surface area contributed by atoms with Crippen molar-refractivity contribution in [2.24, 2.45) is 0 Å². The molecule has 2 aromatic heterocycles. The molecule has 0 aliphatic carbocycles. The molecule has 0 aliphatic rings. The van der Waals surface area contributed by atoms with Crippen molar-refractivity contribution in [1.82, 2.24) is 24.8 Å². The molecule has 0 saturated carbocycles. The molecule has 1 atom stereocenters. The molecule has 2 rings (SSSR count). The van der Waals surface area contributed by atoms with Gasteiger partial charge in [-0.1, -0.05) is 0 Å². The summed E-state index contributed by atoms with van der Waals surface area (Å²) in [6.45, 7) is 1.67. The Balaban J connectivity index is 2.52. The highest BCUT2D eigenvalue weighted by Gasteiger charge is 2.11. The van der Waals surface area contributed by atoms with Gasteiger partial charge in [-0.05, 0) is 6.92 Å². The lowest BCUT2D eigenvalue weighted by Crippen LogP contribution is -2.09. The zero-order valence-corrected chi connectivity index (χ0v) is 7.62. The third-order valence-electron chi connectivity index (χ3n) is 1.78. The van der Waals surface area contributed by atoms with E-state index in [-0.39, 0.29) is 5.82 Å². The summed E-state index contributed by atoms with van der Waals surface area (Å²) in [5.41, 5.74) is 5.98. The Kier molecular flexibility index (Phi) is 2.01. The number of nitrogens with two attached hydrogens (primary N) is 1. The molecule has 7 nitrogen and oxygen atoms in total. The molecule has 2 heterocycles.